The zero-order valence-electron chi connectivity index (χ0n) is 15.1. The molecular formula is C21H34O. The smallest absolute Gasteiger partial charge is 0.139 e. The van der Waals surface area contributed by atoms with Crippen LogP contribution in [0.15, 0.2) is 0 Å². The molecule has 4 rings (SSSR count). The minimum Gasteiger partial charge on any atom is -0.299 e. The Morgan fingerprint density at radius 3 is 2.41 bits per heavy atom. The van der Waals surface area contributed by atoms with Gasteiger partial charge in [-0.3, -0.25) is 4.79 Å². The van der Waals surface area contributed by atoms with Crippen molar-refractivity contribution in [2.75, 3.05) is 0 Å². The van der Waals surface area contributed by atoms with Gasteiger partial charge in [-0.15, -0.1) is 0 Å². The van der Waals surface area contributed by atoms with Crippen LogP contribution in [-0.4, -0.2) is 5.78 Å². The van der Waals surface area contributed by atoms with Gasteiger partial charge in [0.05, 0.1) is 0 Å². The highest BCUT2D eigenvalue weighted by molar-refractivity contribution is 5.87. The van der Waals surface area contributed by atoms with Gasteiger partial charge in [0.15, 0.2) is 0 Å². The zero-order valence-corrected chi connectivity index (χ0v) is 15.1. The third-order valence-electron chi connectivity index (χ3n) is 9.43. The van der Waals surface area contributed by atoms with Gasteiger partial charge >= 0.3 is 0 Å². The molecule has 0 bridgehead atoms. The number of ketones is 1. The fourth-order valence-electron chi connectivity index (χ4n) is 7.76. The van der Waals surface area contributed by atoms with E-state index in [0.717, 1.165) is 24.2 Å². The molecule has 0 spiro atoms. The van der Waals surface area contributed by atoms with E-state index in [1.807, 2.05) is 0 Å². The molecule has 0 aromatic rings. The Morgan fingerprint density at radius 1 is 0.864 bits per heavy atom. The molecule has 0 aliphatic heterocycles. The highest BCUT2D eigenvalue weighted by Gasteiger charge is 2.63. The summed E-state index contributed by atoms with van der Waals surface area (Å²) in [6, 6.07) is 0. The number of fused-ring (bicyclic) bond motifs is 5. The second-order valence-electron chi connectivity index (χ2n) is 10.1. The molecule has 1 heteroatoms. The molecule has 4 fully saturated rings. The Morgan fingerprint density at radius 2 is 1.64 bits per heavy atom. The first-order valence-corrected chi connectivity index (χ1v) is 9.84. The monoisotopic (exact) mass is 302 g/mol. The number of Topliss-reactive ketones (excluding diaryl/α,β-unsaturated/α-hetero) is 1. The summed E-state index contributed by atoms with van der Waals surface area (Å²) in [6.07, 6.45) is 11.7. The predicted octanol–water partition coefficient (Wildman–Crippen LogP) is 5.62. The Labute approximate surface area is 136 Å². The first-order chi connectivity index (χ1) is 10.3. The molecule has 4 aliphatic rings. The number of carbonyl (C=O) groups excluding carboxylic acids is 1. The third kappa shape index (κ3) is 1.69. The summed E-state index contributed by atoms with van der Waals surface area (Å²) in [6.45, 7) is 10.1. The van der Waals surface area contributed by atoms with E-state index in [9.17, 15) is 4.79 Å². The molecule has 1 nitrogen and oxygen atoms in total. The van der Waals surface area contributed by atoms with Gasteiger partial charge in [-0.2, -0.15) is 0 Å². The minimum absolute atomic E-state index is 0.0448. The largest absolute Gasteiger partial charge is 0.299 e. The van der Waals surface area contributed by atoms with Crippen molar-refractivity contribution >= 4 is 5.78 Å². The molecule has 0 N–H and O–H groups in total. The molecule has 124 valence electrons. The van der Waals surface area contributed by atoms with Crippen molar-refractivity contribution in [1.82, 2.24) is 0 Å². The second-order valence-corrected chi connectivity index (χ2v) is 10.1. The van der Waals surface area contributed by atoms with E-state index in [2.05, 4.69) is 27.7 Å². The summed E-state index contributed by atoms with van der Waals surface area (Å²) in [4.78, 5) is 12.5. The lowest BCUT2D eigenvalue weighted by atomic mass is 9.40. The molecular weight excluding hydrogens is 268 g/mol. The summed E-state index contributed by atoms with van der Waals surface area (Å²) >= 11 is 0. The van der Waals surface area contributed by atoms with Crippen molar-refractivity contribution in [2.24, 2.45) is 39.9 Å². The Kier molecular flexibility index (Phi) is 3.18. The third-order valence-corrected chi connectivity index (χ3v) is 9.43. The van der Waals surface area contributed by atoms with E-state index < -0.39 is 0 Å². The van der Waals surface area contributed by atoms with Crippen molar-refractivity contribution in [3.05, 3.63) is 0 Å². The quantitative estimate of drug-likeness (QED) is 0.567. The number of hydrogen-bond acceptors (Lipinski definition) is 1. The highest BCUT2D eigenvalue weighted by atomic mass is 16.1. The molecule has 0 saturated heterocycles. The normalized spacial score (nSPS) is 53.5. The molecule has 0 aromatic carbocycles. The van der Waals surface area contributed by atoms with Gasteiger partial charge in [0.25, 0.3) is 0 Å². The van der Waals surface area contributed by atoms with Gasteiger partial charge in [0, 0.05) is 11.8 Å². The maximum Gasteiger partial charge on any atom is 0.139 e. The standard InChI is InChI=1S/C21H34O/c1-19(2)12-5-6-14-7-8-15-16-9-10-18(22)20(16,3)13-11-17(15)21(14,19)4/h14-17H,5-13H2,1-4H3/t14-,15+,16+,17+,20+,21+/m1/s1. The van der Waals surface area contributed by atoms with E-state index in [-0.39, 0.29) is 5.41 Å². The van der Waals surface area contributed by atoms with Crippen LogP contribution < -0.4 is 0 Å². The maximum absolute atomic E-state index is 12.5. The SMILES string of the molecule is CC1(C)CCC[C@@H]2CC[C@@H]3[C@H](CC[C@]4(C)C(=O)CC[C@@H]34)[C@]21C. The van der Waals surface area contributed by atoms with Crippen LogP contribution in [-0.2, 0) is 4.79 Å². The molecule has 0 heterocycles. The molecule has 22 heavy (non-hydrogen) atoms. The van der Waals surface area contributed by atoms with E-state index >= 15 is 0 Å². The van der Waals surface area contributed by atoms with Gasteiger partial charge in [-0.25, -0.2) is 0 Å². The molecule has 6 atom stereocenters. The topological polar surface area (TPSA) is 17.1 Å². The van der Waals surface area contributed by atoms with Gasteiger partial charge in [-0.05, 0) is 79.4 Å². The van der Waals surface area contributed by atoms with Crippen LogP contribution in [0.1, 0.15) is 85.5 Å². The average Bonchev–Trinajstić information content (AvgIpc) is 2.76. The number of carbonyl (C=O) groups is 1. The zero-order chi connectivity index (χ0) is 15.8. The molecule has 0 amide bonds. The molecule has 0 radical (unpaired) electrons. The van der Waals surface area contributed by atoms with Gasteiger partial charge in [-0.1, -0.05) is 34.1 Å². The van der Waals surface area contributed by atoms with Gasteiger partial charge in [0.2, 0.25) is 0 Å². The Bertz CT molecular complexity index is 492. The Balaban J connectivity index is 1.72. The van der Waals surface area contributed by atoms with E-state index in [4.69, 9.17) is 0 Å². The van der Waals surface area contributed by atoms with Crippen molar-refractivity contribution in [3.63, 3.8) is 0 Å². The van der Waals surface area contributed by atoms with E-state index in [1.165, 1.54) is 51.4 Å². The van der Waals surface area contributed by atoms with Crippen molar-refractivity contribution < 1.29 is 4.79 Å². The first kappa shape index (κ1) is 15.2. The minimum atomic E-state index is 0.0448. The first-order valence-electron chi connectivity index (χ1n) is 9.84. The van der Waals surface area contributed by atoms with Crippen molar-refractivity contribution in [3.8, 4) is 0 Å². The highest BCUT2D eigenvalue weighted by Crippen LogP contribution is 2.69. The summed E-state index contributed by atoms with van der Waals surface area (Å²) in [5.74, 6) is 3.95. The van der Waals surface area contributed by atoms with E-state index in [1.54, 1.807) is 0 Å². The van der Waals surface area contributed by atoms with Crippen LogP contribution in [0.4, 0.5) is 0 Å². The number of rotatable bonds is 0. The predicted molar refractivity (Wildman–Crippen MR) is 90.5 cm³/mol. The lowest BCUT2D eigenvalue weighted by Gasteiger charge is -2.65. The summed E-state index contributed by atoms with van der Waals surface area (Å²) in [5.41, 5.74) is 1.04. The molecule has 0 unspecified atom stereocenters. The maximum atomic E-state index is 12.5. The van der Waals surface area contributed by atoms with E-state index in [0.29, 0.717) is 22.5 Å². The summed E-state index contributed by atoms with van der Waals surface area (Å²) in [5, 5.41) is 0. The lowest BCUT2D eigenvalue weighted by Crippen LogP contribution is -2.58. The van der Waals surface area contributed by atoms with Crippen LogP contribution in [0, 0.1) is 39.9 Å². The molecule has 0 aromatic heterocycles. The van der Waals surface area contributed by atoms with Crippen LogP contribution in [0.2, 0.25) is 0 Å². The fourth-order valence-corrected chi connectivity index (χ4v) is 7.76. The fraction of sp³-hybridized carbons (Fsp3) is 0.952. The number of hydrogen-bond donors (Lipinski definition) is 0. The van der Waals surface area contributed by atoms with Crippen molar-refractivity contribution in [2.45, 2.75) is 85.5 Å². The van der Waals surface area contributed by atoms with Crippen LogP contribution in [0.3, 0.4) is 0 Å². The van der Waals surface area contributed by atoms with Crippen molar-refractivity contribution in [1.29, 1.82) is 0 Å². The van der Waals surface area contributed by atoms with Crippen LogP contribution >= 0.6 is 0 Å². The summed E-state index contributed by atoms with van der Waals surface area (Å²) in [7, 11) is 0. The molecule has 4 saturated carbocycles. The lowest BCUT2D eigenvalue weighted by molar-refractivity contribution is -0.166. The summed E-state index contributed by atoms with van der Waals surface area (Å²) < 4.78 is 0. The second kappa shape index (κ2) is 4.61. The average molecular weight is 303 g/mol. The molecule has 4 aliphatic carbocycles. The van der Waals surface area contributed by atoms with Crippen LogP contribution in [0.25, 0.3) is 0 Å². The van der Waals surface area contributed by atoms with Gasteiger partial charge < -0.3 is 0 Å². The van der Waals surface area contributed by atoms with Gasteiger partial charge in [0.1, 0.15) is 5.78 Å². The van der Waals surface area contributed by atoms with Crippen LogP contribution in [0.5, 0.6) is 0 Å². The Hall–Kier alpha value is -0.330.